The Kier molecular flexibility index (Phi) is 8.30. The van der Waals surface area contributed by atoms with Gasteiger partial charge in [0, 0.05) is 30.4 Å². The highest BCUT2D eigenvalue weighted by Gasteiger charge is 2.14. The van der Waals surface area contributed by atoms with Crippen molar-refractivity contribution in [1.29, 1.82) is 0 Å². The minimum atomic E-state index is -0.228. The molecule has 1 unspecified atom stereocenters. The molecule has 0 aliphatic rings. The van der Waals surface area contributed by atoms with Crippen LogP contribution in [0.25, 0.3) is 0 Å². The van der Waals surface area contributed by atoms with Gasteiger partial charge in [0.25, 0.3) is 5.91 Å². The normalized spacial score (nSPS) is 11.9. The average molecular weight is 333 g/mol. The summed E-state index contributed by atoms with van der Waals surface area (Å²) in [6, 6.07) is 6.94. The van der Waals surface area contributed by atoms with Crippen molar-refractivity contribution >= 4 is 17.6 Å². The number of hydrogen-bond donors (Lipinski definition) is 2. The second kappa shape index (κ2) is 9.96. The third kappa shape index (κ3) is 6.22. The Morgan fingerprint density at radius 3 is 2.00 bits per heavy atom. The maximum absolute atomic E-state index is 12.5. The van der Waals surface area contributed by atoms with Gasteiger partial charge in [-0.25, -0.2) is 4.79 Å². The van der Waals surface area contributed by atoms with Crippen molar-refractivity contribution in [2.24, 2.45) is 5.92 Å². The van der Waals surface area contributed by atoms with E-state index in [0.717, 1.165) is 25.9 Å². The van der Waals surface area contributed by atoms with Crippen molar-refractivity contribution in [1.82, 2.24) is 10.2 Å². The molecule has 3 amide bonds. The zero-order valence-electron chi connectivity index (χ0n) is 15.6. The first-order chi connectivity index (χ1) is 11.4. The predicted molar refractivity (Wildman–Crippen MR) is 99.4 cm³/mol. The fourth-order valence-corrected chi connectivity index (χ4v) is 2.27. The van der Waals surface area contributed by atoms with Gasteiger partial charge in [0.05, 0.1) is 0 Å². The molecule has 1 aromatic carbocycles. The molecular formula is C19H31N3O2. The van der Waals surface area contributed by atoms with Crippen LogP contribution in [-0.4, -0.2) is 36.0 Å². The van der Waals surface area contributed by atoms with Gasteiger partial charge in [-0.05, 0) is 49.9 Å². The van der Waals surface area contributed by atoms with Crippen molar-refractivity contribution in [3.63, 3.8) is 0 Å². The molecule has 5 heteroatoms. The summed E-state index contributed by atoms with van der Waals surface area (Å²) in [6.45, 7) is 11.8. The first kappa shape index (κ1) is 20.0. The molecule has 1 rings (SSSR count). The zero-order chi connectivity index (χ0) is 18.1. The highest BCUT2D eigenvalue weighted by atomic mass is 16.2. The molecule has 0 radical (unpaired) electrons. The van der Waals surface area contributed by atoms with Crippen molar-refractivity contribution in [3.8, 4) is 0 Å². The fraction of sp³-hybridized carbons (Fsp3) is 0.579. The molecule has 5 nitrogen and oxygen atoms in total. The molecule has 0 bridgehead atoms. The number of urea groups is 1. The summed E-state index contributed by atoms with van der Waals surface area (Å²) in [5, 5.41) is 5.69. The standard InChI is InChI=1S/C19H31N3O2/c1-6-12-22(13-7-2)18(23)16-8-10-17(11-9-16)21-19(24)20-15(5)14(3)4/h8-11,14-15H,6-7,12-13H2,1-5H3,(H2,20,21,24). The Morgan fingerprint density at radius 2 is 1.54 bits per heavy atom. The second-order valence-electron chi connectivity index (χ2n) is 6.50. The number of rotatable bonds is 8. The lowest BCUT2D eigenvalue weighted by atomic mass is 10.1. The average Bonchev–Trinajstić information content (AvgIpc) is 2.54. The molecule has 1 aromatic rings. The molecule has 0 aliphatic carbocycles. The van der Waals surface area contributed by atoms with Gasteiger partial charge in [-0.2, -0.15) is 0 Å². The highest BCUT2D eigenvalue weighted by Crippen LogP contribution is 2.12. The molecule has 134 valence electrons. The van der Waals surface area contributed by atoms with E-state index in [1.807, 2.05) is 11.8 Å². The Bertz CT molecular complexity index is 520. The van der Waals surface area contributed by atoms with Gasteiger partial charge < -0.3 is 15.5 Å². The number of carbonyl (C=O) groups excluding carboxylic acids is 2. The van der Waals surface area contributed by atoms with E-state index in [1.54, 1.807) is 24.3 Å². The summed E-state index contributed by atoms with van der Waals surface area (Å²) in [7, 11) is 0. The lowest BCUT2D eigenvalue weighted by Gasteiger charge is -2.21. The molecule has 0 aliphatic heterocycles. The zero-order valence-corrected chi connectivity index (χ0v) is 15.6. The van der Waals surface area contributed by atoms with Gasteiger partial charge in [0.15, 0.2) is 0 Å². The highest BCUT2D eigenvalue weighted by molar-refractivity contribution is 5.95. The summed E-state index contributed by atoms with van der Waals surface area (Å²) in [4.78, 5) is 26.3. The Labute approximate surface area is 145 Å². The molecule has 0 aromatic heterocycles. The number of benzene rings is 1. The van der Waals surface area contributed by atoms with E-state index >= 15 is 0 Å². The molecule has 0 saturated heterocycles. The smallest absolute Gasteiger partial charge is 0.319 e. The minimum absolute atomic E-state index is 0.0446. The molecule has 0 spiro atoms. The number of carbonyl (C=O) groups is 2. The van der Waals surface area contributed by atoms with Gasteiger partial charge in [-0.1, -0.05) is 27.7 Å². The number of anilines is 1. The van der Waals surface area contributed by atoms with Crippen molar-refractivity contribution in [3.05, 3.63) is 29.8 Å². The van der Waals surface area contributed by atoms with Crippen molar-refractivity contribution in [2.45, 2.75) is 53.5 Å². The molecule has 0 heterocycles. The Morgan fingerprint density at radius 1 is 1.00 bits per heavy atom. The van der Waals surface area contributed by atoms with Crippen LogP contribution in [0.2, 0.25) is 0 Å². The van der Waals surface area contributed by atoms with Crippen LogP contribution in [-0.2, 0) is 0 Å². The SMILES string of the molecule is CCCN(CCC)C(=O)c1ccc(NC(=O)NC(C)C(C)C)cc1. The van der Waals surface area contributed by atoms with Crippen LogP contribution in [0.4, 0.5) is 10.5 Å². The first-order valence-electron chi connectivity index (χ1n) is 8.85. The molecule has 0 fully saturated rings. The van der Waals surface area contributed by atoms with E-state index in [-0.39, 0.29) is 18.0 Å². The summed E-state index contributed by atoms with van der Waals surface area (Å²) < 4.78 is 0. The largest absolute Gasteiger partial charge is 0.339 e. The van der Waals surface area contributed by atoms with Gasteiger partial charge >= 0.3 is 6.03 Å². The van der Waals surface area contributed by atoms with Crippen molar-refractivity contribution < 1.29 is 9.59 Å². The van der Waals surface area contributed by atoms with Crippen LogP contribution < -0.4 is 10.6 Å². The third-order valence-electron chi connectivity index (χ3n) is 4.02. The summed E-state index contributed by atoms with van der Waals surface area (Å²) in [5.74, 6) is 0.419. The fourth-order valence-electron chi connectivity index (χ4n) is 2.27. The number of nitrogens with one attached hydrogen (secondary N) is 2. The summed E-state index contributed by atoms with van der Waals surface area (Å²) in [5.41, 5.74) is 1.33. The number of nitrogens with zero attached hydrogens (tertiary/aromatic N) is 1. The molecule has 24 heavy (non-hydrogen) atoms. The number of hydrogen-bond acceptors (Lipinski definition) is 2. The van der Waals surface area contributed by atoms with Gasteiger partial charge in [0.2, 0.25) is 0 Å². The van der Waals surface area contributed by atoms with Gasteiger partial charge in [-0.3, -0.25) is 4.79 Å². The number of amides is 3. The van der Waals surface area contributed by atoms with E-state index in [0.29, 0.717) is 17.2 Å². The quantitative estimate of drug-likeness (QED) is 0.752. The van der Waals surface area contributed by atoms with Crippen LogP contribution in [0.15, 0.2) is 24.3 Å². The molecular weight excluding hydrogens is 302 g/mol. The molecule has 2 N–H and O–H groups in total. The van der Waals surface area contributed by atoms with Crippen LogP contribution >= 0.6 is 0 Å². The van der Waals surface area contributed by atoms with E-state index in [4.69, 9.17) is 0 Å². The monoisotopic (exact) mass is 333 g/mol. The summed E-state index contributed by atoms with van der Waals surface area (Å²) in [6.07, 6.45) is 1.89. The van der Waals surface area contributed by atoms with Gasteiger partial charge in [0.1, 0.15) is 0 Å². The van der Waals surface area contributed by atoms with Crippen LogP contribution in [0.3, 0.4) is 0 Å². The maximum Gasteiger partial charge on any atom is 0.319 e. The maximum atomic E-state index is 12.5. The Hall–Kier alpha value is -2.04. The van der Waals surface area contributed by atoms with E-state index in [2.05, 4.69) is 38.3 Å². The van der Waals surface area contributed by atoms with Crippen LogP contribution in [0.5, 0.6) is 0 Å². The predicted octanol–water partition coefficient (Wildman–Crippen LogP) is 4.11. The second-order valence-corrected chi connectivity index (χ2v) is 6.50. The van der Waals surface area contributed by atoms with Gasteiger partial charge in [-0.15, -0.1) is 0 Å². The van der Waals surface area contributed by atoms with Crippen LogP contribution in [0.1, 0.15) is 57.8 Å². The lowest BCUT2D eigenvalue weighted by molar-refractivity contribution is 0.0755. The van der Waals surface area contributed by atoms with E-state index in [1.165, 1.54) is 0 Å². The van der Waals surface area contributed by atoms with Crippen LogP contribution in [0, 0.1) is 5.92 Å². The van der Waals surface area contributed by atoms with E-state index < -0.39 is 0 Å². The van der Waals surface area contributed by atoms with E-state index in [9.17, 15) is 9.59 Å². The first-order valence-corrected chi connectivity index (χ1v) is 8.85. The Balaban J connectivity index is 2.68. The third-order valence-corrected chi connectivity index (χ3v) is 4.02. The molecule has 1 atom stereocenters. The minimum Gasteiger partial charge on any atom is -0.339 e. The molecule has 0 saturated carbocycles. The lowest BCUT2D eigenvalue weighted by Crippen LogP contribution is -2.39. The topological polar surface area (TPSA) is 61.4 Å². The van der Waals surface area contributed by atoms with Crippen molar-refractivity contribution in [2.75, 3.05) is 18.4 Å². The summed E-state index contributed by atoms with van der Waals surface area (Å²) >= 11 is 0.